The number of H-pyrrole nitrogens is 1. The Hall–Kier alpha value is -0.830. The second-order valence-electron chi connectivity index (χ2n) is 6.64. The van der Waals surface area contributed by atoms with E-state index in [1.807, 2.05) is 13.1 Å². The molecule has 3 aliphatic carbocycles. The second-order valence-corrected chi connectivity index (χ2v) is 6.64. The molecule has 1 aromatic rings. The molecule has 2 N–H and O–H groups in total. The molecule has 2 bridgehead atoms. The number of rotatable bonds is 3. The first kappa shape index (κ1) is 11.0. The van der Waals surface area contributed by atoms with Crippen LogP contribution < -0.4 is 5.32 Å². The monoisotopic (exact) mass is 245 g/mol. The van der Waals surface area contributed by atoms with Crippen LogP contribution in [0.15, 0.2) is 6.20 Å². The van der Waals surface area contributed by atoms with Crippen LogP contribution in [0.25, 0.3) is 0 Å². The highest BCUT2D eigenvalue weighted by atomic mass is 15.0. The fourth-order valence-corrected chi connectivity index (χ4v) is 5.11. The number of nitrogens with zero attached hydrogens (tertiary/aromatic N) is 1. The lowest BCUT2D eigenvalue weighted by atomic mass is 9.79. The number of imidazole rings is 1. The van der Waals surface area contributed by atoms with Crippen molar-refractivity contribution in [2.75, 3.05) is 0 Å². The summed E-state index contributed by atoms with van der Waals surface area (Å²) in [4.78, 5) is 7.58. The zero-order chi connectivity index (χ0) is 12.1. The number of fused-ring (bicyclic) bond motifs is 5. The lowest BCUT2D eigenvalue weighted by Crippen LogP contribution is -2.38. The summed E-state index contributed by atoms with van der Waals surface area (Å²) in [5, 5.41) is 3.78. The fourth-order valence-electron chi connectivity index (χ4n) is 5.11. The van der Waals surface area contributed by atoms with Crippen molar-refractivity contribution < 1.29 is 0 Å². The van der Waals surface area contributed by atoms with E-state index < -0.39 is 0 Å². The third-order valence-electron chi connectivity index (χ3n) is 5.74. The molecule has 3 saturated carbocycles. The van der Waals surface area contributed by atoms with Crippen molar-refractivity contribution in [2.24, 2.45) is 23.7 Å². The van der Waals surface area contributed by atoms with Gasteiger partial charge in [0, 0.05) is 24.5 Å². The first-order chi connectivity index (χ1) is 8.81. The van der Waals surface area contributed by atoms with Crippen LogP contribution in [0, 0.1) is 30.6 Å². The number of aromatic amines is 1. The number of hydrogen-bond donors (Lipinski definition) is 2. The maximum Gasteiger partial charge on any atom is 0.103 e. The van der Waals surface area contributed by atoms with Gasteiger partial charge in [-0.15, -0.1) is 0 Å². The molecule has 0 saturated heterocycles. The highest BCUT2D eigenvalue weighted by Gasteiger charge is 2.53. The van der Waals surface area contributed by atoms with Gasteiger partial charge < -0.3 is 10.3 Å². The smallest absolute Gasteiger partial charge is 0.103 e. The van der Waals surface area contributed by atoms with Gasteiger partial charge in [-0.3, -0.25) is 0 Å². The molecule has 3 heteroatoms. The maximum atomic E-state index is 4.27. The van der Waals surface area contributed by atoms with Crippen LogP contribution in [0.2, 0.25) is 0 Å². The van der Waals surface area contributed by atoms with Gasteiger partial charge >= 0.3 is 0 Å². The van der Waals surface area contributed by atoms with Crippen LogP contribution in [0.5, 0.6) is 0 Å². The molecule has 0 aliphatic heterocycles. The molecule has 5 unspecified atom stereocenters. The van der Waals surface area contributed by atoms with Crippen molar-refractivity contribution in [1.82, 2.24) is 15.3 Å². The molecule has 18 heavy (non-hydrogen) atoms. The Kier molecular flexibility index (Phi) is 2.51. The van der Waals surface area contributed by atoms with Crippen LogP contribution >= 0.6 is 0 Å². The molecule has 3 nitrogen and oxygen atoms in total. The standard InChI is InChI=1S/C15H23N3/c1-9-16-7-11(18-9)8-17-15-6-10-5-14(15)13-4-2-3-12(10)13/h7,10,12-15,17H,2-6,8H2,1H3,(H,16,18). The molecule has 0 aromatic carbocycles. The van der Waals surface area contributed by atoms with Crippen LogP contribution in [0.4, 0.5) is 0 Å². The highest BCUT2D eigenvalue weighted by Crippen LogP contribution is 2.58. The van der Waals surface area contributed by atoms with Gasteiger partial charge in [-0.05, 0) is 56.3 Å². The number of nitrogens with one attached hydrogen (secondary N) is 2. The molecular formula is C15H23N3. The molecule has 98 valence electrons. The van der Waals surface area contributed by atoms with E-state index in [9.17, 15) is 0 Å². The van der Waals surface area contributed by atoms with E-state index in [0.29, 0.717) is 0 Å². The first-order valence-corrected chi connectivity index (χ1v) is 7.55. The molecule has 5 atom stereocenters. The Morgan fingerprint density at radius 2 is 2.17 bits per heavy atom. The number of aromatic nitrogens is 2. The molecule has 0 amide bonds. The Balaban J connectivity index is 1.39. The van der Waals surface area contributed by atoms with E-state index in [2.05, 4.69) is 15.3 Å². The van der Waals surface area contributed by atoms with E-state index in [1.54, 1.807) is 0 Å². The van der Waals surface area contributed by atoms with E-state index in [4.69, 9.17) is 0 Å². The lowest BCUT2D eigenvalue weighted by Gasteiger charge is -2.32. The number of hydrogen-bond acceptors (Lipinski definition) is 2. The van der Waals surface area contributed by atoms with Crippen molar-refractivity contribution in [2.45, 2.75) is 51.6 Å². The summed E-state index contributed by atoms with van der Waals surface area (Å²) in [6, 6.07) is 0.776. The van der Waals surface area contributed by atoms with Gasteiger partial charge in [-0.2, -0.15) is 0 Å². The molecule has 4 rings (SSSR count). The summed E-state index contributed by atoms with van der Waals surface area (Å²) in [6.45, 7) is 2.98. The Morgan fingerprint density at radius 1 is 1.28 bits per heavy atom. The average molecular weight is 245 g/mol. The molecule has 3 fully saturated rings. The number of aryl methyl sites for hydroxylation is 1. The van der Waals surface area contributed by atoms with Crippen molar-refractivity contribution >= 4 is 0 Å². The summed E-state index contributed by atoms with van der Waals surface area (Å²) < 4.78 is 0. The van der Waals surface area contributed by atoms with Gasteiger partial charge in [0.25, 0.3) is 0 Å². The van der Waals surface area contributed by atoms with Crippen LogP contribution in [0.3, 0.4) is 0 Å². The van der Waals surface area contributed by atoms with E-state index >= 15 is 0 Å². The first-order valence-electron chi connectivity index (χ1n) is 7.55. The molecule has 0 radical (unpaired) electrons. The second kappa shape index (κ2) is 4.09. The zero-order valence-corrected chi connectivity index (χ0v) is 11.2. The molecular weight excluding hydrogens is 222 g/mol. The third-order valence-corrected chi connectivity index (χ3v) is 5.74. The fraction of sp³-hybridized carbons (Fsp3) is 0.800. The molecule has 3 aliphatic rings. The molecule has 1 heterocycles. The third kappa shape index (κ3) is 1.63. The normalized spacial score (nSPS) is 41.5. The van der Waals surface area contributed by atoms with E-state index in [1.165, 1.54) is 37.8 Å². The molecule has 0 spiro atoms. The quantitative estimate of drug-likeness (QED) is 0.859. The summed E-state index contributed by atoms with van der Waals surface area (Å²) in [7, 11) is 0. The summed E-state index contributed by atoms with van der Waals surface area (Å²) in [5.74, 6) is 5.21. The maximum absolute atomic E-state index is 4.27. The van der Waals surface area contributed by atoms with Gasteiger partial charge in [-0.25, -0.2) is 4.98 Å². The predicted octanol–water partition coefficient (Wildman–Crippen LogP) is 2.63. The SMILES string of the molecule is Cc1ncc(CNC2CC3CC2C2CCCC32)[nH]1. The highest BCUT2D eigenvalue weighted by molar-refractivity contribution is 5.07. The Labute approximate surface area is 109 Å². The summed E-state index contributed by atoms with van der Waals surface area (Å²) in [6.07, 6.45) is 9.43. The Bertz CT molecular complexity index is 439. The topological polar surface area (TPSA) is 40.7 Å². The minimum absolute atomic E-state index is 0.776. The van der Waals surface area contributed by atoms with Gasteiger partial charge in [0.05, 0.1) is 0 Å². The minimum atomic E-state index is 0.776. The summed E-state index contributed by atoms with van der Waals surface area (Å²) in [5.41, 5.74) is 1.23. The van der Waals surface area contributed by atoms with Crippen LogP contribution in [-0.4, -0.2) is 16.0 Å². The average Bonchev–Trinajstić information content (AvgIpc) is 3.08. The predicted molar refractivity (Wildman–Crippen MR) is 71.0 cm³/mol. The van der Waals surface area contributed by atoms with Crippen molar-refractivity contribution in [3.63, 3.8) is 0 Å². The van der Waals surface area contributed by atoms with Crippen molar-refractivity contribution in [3.05, 3.63) is 17.7 Å². The van der Waals surface area contributed by atoms with Crippen molar-refractivity contribution in [1.29, 1.82) is 0 Å². The van der Waals surface area contributed by atoms with E-state index in [-0.39, 0.29) is 0 Å². The van der Waals surface area contributed by atoms with Crippen molar-refractivity contribution in [3.8, 4) is 0 Å². The van der Waals surface area contributed by atoms with Gasteiger partial charge in [0.1, 0.15) is 5.82 Å². The minimum Gasteiger partial charge on any atom is -0.345 e. The summed E-state index contributed by atoms with van der Waals surface area (Å²) >= 11 is 0. The largest absolute Gasteiger partial charge is 0.345 e. The van der Waals surface area contributed by atoms with Crippen LogP contribution in [-0.2, 0) is 6.54 Å². The van der Waals surface area contributed by atoms with E-state index in [0.717, 1.165) is 42.1 Å². The van der Waals surface area contributed by atoms with Gasteiger partial charge in [-0.1, -0.05) is 6.42 Å². The van der Waals surface area contributed by atoms with Crippen LogP contribution in [0.1, 0.15) is 43.6 Å². The van der Waals surface area contributed by atoms with Gasteiger partial charge in [0.2, 0.25) is 0 Å². The Morgan fingerprint density at radius 3 is 3.00 bits per heavy atom. The molecule has 1 aromatic heterocycles. The van der Waals surface area contributed by atoms with Gasteiger partial charge in [0.15, 0.2) is 0 Å². The lowest BCUT2D eigenvalue weighted by molar-refractivity contribution is 0.207. The zero-order valence-electron chi connectivity index (χ0n) is 11.2.